The molecular weight excluding hydrogens is 347 g/mol. The van der Waals surface area contributed by atoms with Gasteiger partial charge in [0.1, 0.15) is 0 Å². The monoisotopic (exact) mass is 358 g/mol. The van der Waals surface area contributed by atoms with Gasteiger partial charge in [-0.1, -0.05) is 29.3 Å². The van der Waals surface area contributed by atoms with Gasteiger partial charge in [-0.05, 0) is 30.3 Å². The third-order valence-electron chi connectivity index (χ3n) is 2.83. The summed E-state index contributed by atoms with van der Waals surface area (Å²) in [4.78, 5) is 12.3. The van der Waals surface area contributed by atoms with Crippen LogP contribution in [0.2, 0.25) is 10.0 Å². The molecule has 0 radical (unpaired) electrons. The van der Waals surface area contributed by atoms with Crippen LogP contribution in [0.1, 0.15) is 10.4 Å². The zero-order chi connectivity index (χ0) is 16.5. The smallest absolute Gasteiger partial charge is 0.255 e. The molecule has 22 heavy (non-hydrogen) atoms. The van der Waals surface area contributed by atoms with E-state index in [1.54, 1.807) is 0 Å². The van der Waals surface area contributed by atoms with Crippen LogP contribution >= 0.6 is 23.2 Å². The van der Waals surface area contributed by atoms with E-state index >= 15 is 0 Å². The summed E-state index contributed by atoms with van der Waals surface area (Å²) < 4.78 is 23.0. The lowest BCUT2D eigenvalue weighted by atomic mass is 10.2. The second-order valence-electron chi connectivity index (χ2n) is 4.61. The zero-order valence-corrected chi connectivity index (χ0v) is 13.8. The molecule has 0 bridgehead atoms. The SMILES string of the molecule is CS(=O)(=O)c1cccc(C(=O)Nc2c(Cl)cc(N)cc2Cl)c1. The molecule has 0 aliphatic rings. The molecular formula is C14H12Cl2N2O3S. The van der Waals surface area contributed by atoms with Gasteiger partial charge in [0, 0.05) is 17.5 Å². The number of sulfone groups is 1. The summed E-state index contributed by atoms with van der Waals surface area (Å²) in [6.45, 7) is 0. The molecule has 0 aliphatic heterocycles. The van der Waals surface area contributed by atoms with Crippen LogP contribution in [-0.2, 0) is 9.84 Å². The average Bonchev–Trinajstić information content (AvgIpc) is 2.41. The van der Waals surface area contributed by atoms with Gasteiger partial charge < -0.3 is 11.1 Å². The highest BCUT2D eigenvalue weighted by Crippen LogP contribution is 2.33. The molecule has 0 saturated heterocycles. The highest BCUT2D eigenvalue weighted by atomic mass is 35.5. The van der Waals surface area contributed by atoms with Gasteiger partial charge >= 0.3 is 0 Å². The average molecular weight is 359 g/mol. The Balaban J connectivity index is 2.35. The first-order chi connectivity index (χ1) is 10.2. The summed E-state index contributed by atoms with van der Waals surface area (Å²) >= 11 is 12.0. The highest BCUT2D eigenvalue weighted by Gasteiger charge is 2.15. The minimum absolute atomic E-state index is 0.0506. The molecule has 0 aliphatic carbocycles. The normalized spacial score (nSPS) is 11.2. The van der Waals surface area contributed by atoms with E-state index in [4.69, 9.17) is 28.9 Å². The minimum atomic E-state index is -3.40. The maximum absolute atomic E-state index is 12.2. The first-order valence-corrected chi connectivity index (χ1v) is 8.69. The number of halogens is 2. The molecule has 0 saturated carbocycles. The largest absolute Gasteiger partial charge is 0.399 e. The number of nitrogen functional groups attached to an aromatic ring is 1. The minimum Gasteiger partial charge on any atom is -0.399 e. The Bertz CT molecular complexity index is 828. The van der Waals surface area contributed by atoms with Crippen molar-refractivity contribution in [2.24, 2.45) is 0 Å². The lowest BCUT2D eigenvalue weighted by molar-refractivity contribution is 0.102. The van der Waals surface area contributed by atoms with Gasteiger partial charge in [0.25, 0.3) is 5.91 Å². The Kier molecular flexibility index (Phi) is 4.65. The number of anilines is 2. The lowest BCUT2D eigenvalue weighted by Gasteiger charge is -2.10. The van der Waals surface area contributed by atoms with E-state index in [0.29, 0.717) is 5.69 Å². The Morgan fingerprint density at radius 1 is 1.14 bits per heavy atom. The molecule has 0 unspecified atom stereocenters. The molecule has 0 fully saturated rings. The van der Waals surface area contributed by atoms with Crippen molar-refractivity contribution in [3.05, 3.63) is 52.0 Å². The van der Waals surface area contributed by atoms with Crippen LogP contribution in [0.4, 0.5) is 11.4 Å². The predicted molar refractivity (Wildman–Crippen MR) is 88.4 cm³/mol. The van der Waals surface area contributed by atoms with E-state index < -0.39 is 15.7 Å². The molecule has 8 heteroatoms. The Labute approximate surface area is 138 Å². The van der Waals surface area contributed by atoms with Gasteiger partial charge in [-0.2, -0.15) is 0 Å². The van der Waals surface area contributed by atoms with E-state index in [2.05, 4.69) is 5.32 Å². The molecule has 0 atom stereocenters. The van der Waals surface area contributed by atoms with E-state index in [9.17, 15) is 13.2 Å². The van der Waals surface area contributed by atoms with Gasteiger partial charge in [0.05, 0.1) is 20.6 Å². The number of carbonyl (C=O) groups excluding carboxylic acids is 1. The molecule has 1 amide bonds. The first kappa shape index (κ1) is 16.6. The molecule has 116 valence electrons. The maximum Gasteiger partial charge on any atom is 0.255 e. The third kappa shape index (κ3) is 3.71. The number of nitrogens with one attached hydrogen (secondary N) is 1. The molecule has 2 aromatic carbocycles. The van der Waals surface area contributed by atoms with Crippen LogP contribution in [0.25, 0.3) is 0 Å². The number of nitrogens with two attached hydrogens (primary N) is 1. The lowest BCUT2D eigenvalue weighted by Crippen LogP contribution is -2.13. The van der Waals surface area contributed by atoms with Gasteiger partial charge in [-0.3, -0.25) is 4.79 Å². The molecule has 5 nitrogen and oxygen atoms in total. The van der Waals surface area contributed by atoms with Crippen molar-refractivity contribution in [2.45, 2.75) is 4.90 Å². The van der Waals surface area contributed by atoms with Crippen molar-refractivity contribution in [3.63, 3.8) is 0 Å². The van der Waals surface area contributed by atoms with Crippen LogP contribution in [0.5, 0.6) is 0 Å². The van der Waals surface area contributed by atoms with Crippen LogP contribution in [0, 0.1) is 0 Å². The van der Waals surface area contributed by atoms with Crippen LogP contribution in [0.15, 0.2) is 41.3 Å². The fraction of sp³-hybridized carbons (Fsp3) is 0.0714. The van der Waals surface area contributed by atoms with Crippen molar-refractivity contribution >= 4 is 50.3 Å². The zero-order valence-electron chi connectivity index (χ0n) is 11.4. The number of hydrogen-bond donors (Lipinski definition) is 2. The fourth-order valence-electron chi connectivity index (χ4n) is 1.77. The van der Waals surface area contributed by atoms with Gasteiger partial charge in [-0.25, -0.2) is 8.42 Å². The summed E-state index contributed by atoms with van der Waals surface area (Å²) in [5, 5.41) is 2.93. The summed E-state index contributed by atoms with van der Waals surface area (Å²) in [6, 6.07) is 8.58. The number of amides is 1. The van der Waals surface area contributed by atoms with E-state index in [1.165, 1.54) is 36.4 Å². The Morgan fingerprint density at radius 3 is 2.27 bits per heavy atom. The maximum atomic E-state index is 12.2. The number of hydrogen-bond acceptors (Lipinski definition) is 4. The number of benzene rings is 2. The Morgan fingerprint density at radius 2 is 1.73 bits per heavy atom. The fourth-order valence-corrected chi connectivity index (χ4v) is 3.03. The van der Waals surface area contributed by atoms with E-state index in [1.807, 2.05) is 0 Å². The summed E-state index contributed by atoms with van der Waals surface area (Å²) in [5.41, 5.74) is 6.35. The second-order valence-corrected chi connectivity index (χ2v) is 7.44. The summed E-state index contributed by atoms with van der Waals surface area (Å²) in [7, 11) is -3.40. The Hall–Kier alpha value is -1.76. The van der Waals surface area contributed by atoms with Crippen molar-refractivity contribution in [1.29, 1.82) is 0 Å². The van der Waals surface area contributed by atoms with Gasteiger partial charge in [-0.15, -0.1) is 0 Å². The van der Waals surface area contributed by atoms with Crippen molar-refractivity contribution < 1.29 is 13.2 Å². The van der Waals surface area contributed by atoms with E-state index in [0.717, 1.165) is 6.26 Å². The third-order valence-corrected chi connectivity index (χ3v) is 4.53. The number of carbonyl (C=O) groups is 1. The van der Waals surface area contributed by atoms with Gasteiger partial charge in [0.15, 0.2) is 9.84 Å². The van der Waals surface area contributed by atoms with Crippen molar-refractivity contribution in [2.75, 3.05) is 17.3 Å². The van der Waals surface area contributed by atoms with Gasteiger partial charge in [0.2, 0.25) is 0 Å². The molecule has 0 spiro atoms. The first-order valence-electron chi connectivity index (χ1n) is 6.04. The second kappa shape index (κ2) is 6.16. The predicted octanol–water partition coefficient (Wildman–Crippen LogP) is 3.23. The van der Waals surface area contributed by atoms with Crippen molar-refractivity contribution in [3.8, 4) is 0 Å². The van der Waals surface area contributed by atoms with E-state index in [-0.39, 0.29) is 26.2 Å². The quantitative estimate of drug-likeness (QED) is 0.824. The van der Waals surface area contributed by atoms with Crippen LogP contribution in [0.3, 0.4) is 0 Å². The molecule has 0 heterocycles. The van der Waals surface area contributed by atoms with Crippen LogP contribution < -0.4 is 11.1 Å². The molecule has 3 N–H and O–H groups in total. The number of rotatable bonds is 3. The molecule has 2 aromatic rings. The van der Waals surface area contributed by atoms with Crippen LogP contribution in [-0.4, -0.2) is 20.6 Å². The topological polar surface area (TPSA) is 89.3 Å². The molecule has 0 aromatic heterocycles. The van der Waals surface area contributed by atoms with Crippen molar-refractivity contribution in [1.82, 2.24) is 0 Å². The summed E-state index contributed by atoms with van der Waals surface area (Å²) in [6.07, 6.45) is 1.07. The highest BCUT2D eigenvalue weighted by molar-refractivity contribution is 7.90. The standard InChI is InChI=1S/C14H12Cl2N2O3S/c1-22(20,21)10-4-2-3-8(5-10)14(19)18-13-11(15)6-9(17)7-12(13)16/h2-7H,17H2,1H3,(H,18,19). The summed E-state index contributed by atoms with van der Waals surface area (Å²) in [5.74, 6) is -0.529. The molecule has 2 rings (SSSR count).